The van der Waals surface area contributed by atoms with Crippen LogP contribution >= 0.6 is 0 Å². The number of fused-ring (bicyclic) bond motifs is 1. The van der Waals surface area contributed by atoms with Crippen LogP contribution in [0.2, 0.25) is 0 Å². The molecule has 3 aromatic rings. The zero-order valence-corrected chi connectivity index (χ0v) is 19.0. The molecule has 1 aromatic heterocycles. The Kier molecular flexibility index (Phi) is 6.21. The van der Waals surface area contributed by atoms with E-state index in [1.165, 1.54) is 27.1 Å². The van der Waals surface area contributed by atoms with Gasteiger partial charge in [0.2, 0.25) is 15.9 Å². The van der Waals surface area contributed by atoms with Crippen molar-refractivity contribution in [3.05, 3.63) is 58.6 Å². The number of piperidine rings is 1. The third-order valence-electron chi connectivity index (χ3n) is 5.96. The van der Waals surface area contributed by atoms with Gasteiger partial charge in [0.15, 0.2) is 5.58 Å². The first-order valence-corrected chi connectivity index (χ1v) is 12.3. The second kappa shape index (κ2) is 8.91. The molecule has 32 heavy (non-hydrogen) atoms. The Morgan fingerprint density at radius 2 is 1.97 bits per heavy atom. The smallest absolute Gasteiger partial charge is 0.408 e. The molecular formula is C23H27N3O5S. The molecule has 9 heteroatoms. The van der Waals surface area contributed by atoms with Gasteiger partial charge in [0, 0.05) is 24.3 Å². The van der Waals surface area contributed by atoms with Crippen LogP contribution in [0.15, 0.2) is 56.6 Å². The van der Waals surface area contributed by atoms with Crippen molar-refractivity contribution in [1.29, 1.82) is 0 Å². The van der Waals surface area contributed by atoms with Crippen molar-refractivity contribution in [2.75, 3.05) is 11.9 Å². The molecule has 8 nitrogen and oxygen atoms in total. The van der Waals surface area contributed by atoms with Gasteiger partial charge in [-0.05, 0) is 49.9 Å². The SMILES string of the molecule is CCc1ccccc1NC(=O)Cn1c(=O)oc2cc(S(=O)(=O)N3CCCC[C@@H]3C)ccc21. The van der Waals surface area contributed by atoms with Crippen LogP contribution in [0.25, 0.3) is 11.1 Å². The number of amides is 1. The summed E-state index contributed by atoms with van der Waals surface area (Å²) in [5.74, 6) is -1.07. The normalized spacial score (nSPS) is 17.5. The number of aromatic nitrogens is 1. The lowest BCUT2D eigenvalue weighted by molar-refractivity contribution is -0.116. The Hall–Kier alpha value is -2.91. The van der Waals surface area contributed by atoms with Crippen LogP contribution in [-0.4, -0.2) is 35.8 Å². The van der Waals surface area contributed by atoms with Gasteiger partial charge < -0.3 is 9.73 Å². The van der Waals surface area contributed by atoms with E-state index in [2.05, 4.69) is 5.32 Å². The van der Waals surface area contributed by atoms with Crippen molar-refractivity contribution in [1.82, 2.24) is 8.87 Å². The molecule has 0 radical (unpaired) electrons. The number of hydrogen-bond donors (Lipinski definition) is 1. The summed E-state index contributed by atoms with van der Waals surface area (Å²) in [7, 11) is -3.69. The van der Waals surface area contributed by atoms with Crippen LogP contribution in [0.5, 0.6) is 0 Å². The molecule has 0 saturated carbocycles. The summed E-state index contributed by atoms with van der Waals surface area (Å²) in [5.41, 5.74) is 2.21. The molecule has 1 fully saturated rings. The Balaban J connectivity index is 1.60. The Morgan fingerprint density at radius 3 is 2.72 bits per heavy atom. The first-order valence-electron chi connectivity index (χ1n) is 10.8. The highest BCUT2D eigenvalue weighted by molar-refractivity contribution is 7.89. The summed E-state index contributed by atoms with van der Waals surface area (Å²) in [5, 5.41) is 2.83. The molecule has 1 aliphatic heterocycles. The van der Waals surface area contributed by atoms with Crippen molar-refractivity contribution < 1.29 is 17.6 Å². The van der Waals surface area contributed by atoms with E-state index >= 15 is 0 Å². The number of hydrogen-bond acceptors (Lipinski definition) is 5. The fraction of sp³-hybridized carbons (Fsp3) is 0.391. The third-order valence-corrected chi connectivity index (χ3v) is 7.97. The number of aryl methyl sites for hydroxylation is 1. The highest BCUT2D eigenvalue weighted by Gasteiger charge is 2.31. The van der Waals surface area contributed by atoms with Crippen LogP contribution in [0, 0.1) is 0 Å². The third kappa shape index (κ3) is 4.22. The van der Waals surface area contributed by atoms with Gasteiger partial charge >= 0.3 is 5.76 Å². The maximum atomic E-state index is 13.1. The Labute approximate surface area is 186 Å². The number of sulfonamides is 1. The molecule has 1 amide bonds. The first kappa shape index (κ1) is 22.3. The minimum atomic E-state index is -3.69. The topological polar surface area (TPSA) is 102 Å². The predicted molar refractivity (Wildman–Crippen MR) is 122 cm³/mol. The number of carbonyl (C=O) groups excluding carboxylic acids is 1. The number of benzene rings is 2. The van der Waals surface area contributed by atoms with Gasteiger partial charge in [0.25, 0.3) is 0 Å². The molecule has 0 unspecified atom stereocenters. The number of rotatable bonds is 6. The van der Waals surface area contributed by atoms with Crippen LogP contribution in [-0.2, 0) is 27.8 Å². The number of carbonyl (C=O) groups is 1. The summed E-state index contributed by atoms with van der Waals surface area (Å²) >= 11 is 0. The molecule has 1 saturated heterocycles. The first-order chi connectivity index (χ1) is 15.3. The Morgan fingerprint density at radius 1 is 1.19 bits per heavy atom. The van der Waals surface area contributed by atoms with Gasteiger partial charge in [-0.1, -0.05) is 31.5 Å². The predicted octanol–water partition coefficient (Wildman–Crippen LogP) is 3.36. The van der Waals surface area contributed by atoms with Crippen molar-refractivity contribution in [2.45, 2.75) is 57.0 Å². The number of nitrogens with one attached hydrogen (secondary N) is 1. The van der Waals surface area contributed by atoms with Gasteiger partial charge in [-0.2, -0.15) is 4.31 Å². The highest BCUT2D eigenvalue weighted by Crippen LogP contribution is 2.27. The molecule has 170 valence electrons. The standard InChI is InChI=1S/C23H27N3O5S/c1-3-17-9-4-5-10-19(17)24-22(27)15-25-20-12-11-18(14-21(20)31-23(25)28)32(29,30)26-13-7-6-8-16(26)2/h4-5,9-12,14,16H,3,6-8,13,15H2,1-2H3,(H,24,27)/t16-/m0/s1. The lowest BCUT2D eigenvalue weighted by atomic mass is 10.1. The fourth-order valence-electron chi connectivity index (χ4n) is 4.21. The van der Waals surface area contributed by atoms with E-state index in [-0.39, 0.29) is 29.0 Å². The summed E-state index contributed by atoms with van der Waals surface area (Å²) < 4.78 is 34.2. The molecule has 4 rings (SSSR count). The van der Waals surface area contributed by atoms with E-state index in [1.807, 2.05) is 38.1 Å². The van der Waals surface area contributed by atoms with E-state index in [1.54, 1.807) is 0 Å². The molecule has 2 aromatic carbocycles. The maximum absolute atomic E-state index is 13.1. The van der Waals surface area contributed by atoms with Gasteiger partial charge in [-0.15, -0.1) is 0 Å². The number of anilines is 1. The largest absolute Gasteiger partial charge is 0.420 e. The zero-order chi connectivity index (χ0) is 22.9. The highest BCUT2D eigenvalue weighted by atomic mass is 32.2. The fourth-order valence-corrected chi connectivity index (χ4v) is 5.92. The summed E-state index contributed by atoms with van der Waals surface area (Å²) in [6.45, 7) is 4.14. The summed E-state index contributed by atoms with van der Waals surface area (Å²) in [6.07, 6.45) is 3.42. The van der Waals surface area contributed by atoms with E-state index in [0.717, 1.165) is 31.2 Å². The van der Waals surface area contributed by atoms with Crippen molar-refractivity contribution >= 4 is 32.7 Å². The molecular weight excluding hydrogens is 430 g/mol. The quantitative estimate of drug-likeness (QED) is 0.612. The minimum Gasteiger partial charge on any atom is -0.408 e. The number of oxazole rings is 1. The van der Waals surface area contributed by atoms with E-state index < -0.39 is 15.8 Å². The monoisotopic (exact) mass is 457 g/mol. The minimum absolute atomic E-state index is 0.0734. The molecule has 0 aliphatic carbocycles. The number of para-hydroxylation sites is 1. The zero-order valence-electron chi connectivity index (χ0n) is 18.2. The van der Waals surface area contributed by atoms with Crippen LogP contribution in [0.3, 0.4) is 0 Å². The van der Waals surface area contributed by atoms with E-state index in [9.17, 15) is 18.0 Å². The molecule has 0 bridgehead atoms. The second-order valence-electron chi connectivity index (χ2n) is 8.10. The van der Waals surface area contributed by atoms with Crippen molar-refractivity contribution in [2.24, 2.45) is 0 Å². The molecule has 1 aliphatic rings. The van der Waals surface area contributed by atoms with Gasteiger partial charge in [-0.25, -0.2) is 13.2 Å². The average Bonchev–Trinajstić information content (AvgIpc) is 3.08. The summed E-state index contributed by atoms with van der Waals surface area (Å²) in [6, 6.07) is 11.8. The van der Waals surface area contributed by atoms with Crippen molar-refractivity contribution in [3.8, 4) is 0 Å². The van der Waals surface area contributed by atoms with Gasteiger partial charge in [0.1, 0.15) is 6.54 Å². The van der Waals surface area contributed by atoms with Gasteiger partial charge in [-0.3, -0.25) is 9.36 Å². The maximum Gasteiger partial charge on any atom is 0.420 e. The molecule has 1 N–H and O–H groups in total. The molecule has 2 heterocycles. The van der Waals surface area contributed by atoms with Crippen LogP contribution in [0.4, 0.5) is 5.69 Å². The van der Waals surface area contributed by atoms with Crippen LogP contribution in [0.1, 0.15) is 38.7 Å². The lowest BCUT2D eigenvalue weighted by Gasteiger charge is -2.32. The van der Waals surface area contributed by atoms with Gasteiger partial charge in [0.05, 0.1) is 10.4 Å². The van der Waals surface area contributed by atoms with E-state index in [0.29, 0.717) is 17.7 Å². The molecule has 1 atom stereocenters. The second-order valence-corrected chi connectivity index (χ2v) is 9.99. The number of nitrogens with zero attached hydrogens (tertiary/aromatic N) is 2. The molecule has 0 spiro atoms. The van der Waals surface area contributed by atoms with Crippen LogP contribution < -0.4 is 11.1 Å². The van der Waals surface area contributed by atoms with E-state index in [4.69, 9.17) is 4.42 Å². The Bertz CT molecular complexity index is 1310. The summed E-state index contributed by atoms with van der Waals surface area (Å²) in [4.78, 5) is 25.1. The average molecular weight is 458 g/mol. The van der Waals surface area contributed by atoms with Crippen molar-refractivity contribution in [3.63, 3.8) is 0 Å². The lowest BCUT2D eigenvalue weighted by Crippen LogP contribution is -2.41.